The van der Waals surface area contributed by atoms with Crippen LogP contribution in [-0.4, -0.2) is 84.6 Å². The van der Waals surface area contributed by atoms with Crippen LogP contribution in [-0.2, 0) is 14.3 Å². The molecule has 3 rings (SSSR count). The fourth-order valence-electron chi connectivity index (χ4n) is 4.32. The molecular formula is C19H33N3O3S. The zero-order chi connectivity index (χ0) is 18.4. The molecule has 148 valence electrons. The minimum atomic E-state index is -0.0552. The summed E-state index contributed by atoms with van der Waals surface area (Å²) in [5.41, 5.74) is 0.0799. The zero-order valence-corrected chi connectivity index (χ0v) is 16.8. The van der Waals surface area contributed by atoms with Crippen molar-refractivity contribution < 1.29 is 14.3 Å². The Morgan fingerprint density at radius 1 is 1.27 bits per heavy atom. The van der Waals surface area contributed by atoms with Crippen LogP contribution in [0.15, 0.2) is 0 Å². The lowest BCUT2D eigenvalue weighted by Crippen LogP contribution is -2.60. The topological polar surface area (TPSA) is 61.9 Å². The molecule has 0 aliphatic carbocycles. The van der Waals surface area contributed by atoms with E-state index in [9.17, 15) is 9.59 Å². The molecule has 0 aromatic carbocycles. The van der Waals surface area contributed by atoms with E-state index in [0.29, 0.717) is 13.0 Å². The minimum absolute atomic E-state index is 0.0552. The van der Waals surface area contributed by atoms with Gasteiger partial charge in [0.25, 0.3) is 0 Å². The van der Waals surface area contributed by atoms with Crippen molar-refractivity contribution in [1.82, 2.24) is 15.1 Å². The van der Waals surface area contributed by atoms with Gasteiger partial charge >= 0.3 is 0 Å². The van der Waals surface area contributed by atoms with Gasteiger partial charge in [-0.1, -0.05) is 6.92 Å². The maximum absolute atomic E-state index is 12.8. The number of ether oxygens (including phenoxy) is 1. The number of amides is 2. The number of thioether (sulfide) groups is 1. The summed E-state index contributed by atoms with van der Waals surface area (Å²) in [6.07, 6.45) is 4.40. The van der Waals surface area contributed by atoms with E-state index >= 15 is 0 Å². The average Bonchev–Trinajstić information content (AvgIpc) is 3.17. The molecule has 0 saturated carbocycles. The van der Waals surface area contributed by atoms with Gasteiger partial charge < -0.3 is 15.0 Å². The van der Waals surface area contributed by atoms with Crippen molar-refractivity contribution in [2.75, 3.05) is 57.4 Å². The van der Waals surface area contributed by atoms with E-state index in [1.165, 1.54) is 0 Å². The quantitative estimate of drug-likeness (QED) is 0.750. The maximum atomic E-state index is 12.8. The van der Waals surface area contributed by atoms with E-state index in [1.54, 1.807) is 0 Å². The van der Waals surface area contributed by atoms with Crippen LogP contribution in [0.5, 0.6) is 0 Å². The lowest BCUT2D eigenvalue weighted by atomic mass is 9.93. The number of carbonyl (C=O) groups is 2. The lowest BCUT2D eigenvalue weighted by molar-refractivity contribution is -0.136. The second-order valence-electron chi connectivity index (χ2n) is 7.77. The van der Waals surface area contributed by atoms with E-state index in [4.69, 9.17) is 4.74 Å². The predicted molar refractivity (Wildman–Crippen MR) is 104 cm³/mol. The summed E-state index contributed by atoms with van der Waals surface area (Å²) in [5, 5.41) is 3.25. The van der Waals surface area contributed by atoms with Crippen molar-refractivity contribution in [2.45, 2.75) is 44.6 Å². The van der Waals surface area contributed by atoms with Crippen LogP contribution >= 0.6 is 11.8 Å². The van der Waals surface area contributed by atoms with Crippen molar-refractivity contribution in [2.24, 2.45) is 5.92 Å². The van der Waals surface area contributed by atoms with Gasteiger partial charge in [-0.3, -0.25) is 14.5 Å². The molecular weight excluding hydrogens is 350 g/mol. The molecule has 0 radical (unpaired) electrons. The molecule has 3 heterocycles. The number of piperidine rings is 1. The zero-order valence-electron chi connectivity index (χ0n) is 16.0. The van der Waals surface area contributed by atoms with Gasteiger partial charge in [0.15, 0.2) is 0 Å². The fourth-order valence-corrected chi connectivity index (χ4v) is 5.80. The third-order valence-electron chi connectivity index (χ3n) is 5.96. The fraction of sp³-hybridized carbons (Fsp3) is 0.895. The van der Waals surface area contributed by atoms with Crippen LogP contribution in [0.3, 0.4) is 0 Å². The summed E-state index contributed by atoms with van der Waals surface area (Å²) in [6, 6.07) is 0. The Morgan fingerprint density at radius 2 is 2.08 bits per heavy atom. The van der Waals surface area contributed by atoms with Gasteiger partial charge in [-0.2, -0.15) is 11.8 Å². The molecule has 2 amide bonds. The highest BCUT2D eigenvalue weighted by Crippen LogP contribution is 2.33. The van der Waals surface area contributed by atoms with Gasteiger partial charge in [0.05, 0.1) is 19.1 Å². The number of carbonyl (C=O) groups excluding carboxylic acids is 2. The number of nitrogens with one attached hydrogen (secondary N) is 1. The smallest absolute Gasteiger partial charge is 0.224 e. The SMILES string of the molecule is CCCC(=O)N1CCCC(C(=O)NCC2(N3CCOCC3)CCSC2)C1. The average molecular weight is 384 g/mol. The molecule has 6 nitrogen and oxygen atoms in total. The van der Waals surface area contributed by atoms with Crippen molar-refractivity contribution in [3.05, 3.63) is 0 Å². The molecule has 3 aliphatic heterocycles. The minimum Gasteiger partial charge on any atom is -0.379 e. The predicted octanol–water partition coefficient (Wildman–Crippen LogP) is 1.35. The van der Waals surface area contributed by atoms with Crippen molar-refractivity contribution in [1.29, 1.82) is 0 Å². The summed E-state index contributed by atoms with van der Waals surface area (Å²) >= 11 is 1.99. The summed E-state index contributed by atoms with van der Waals surface area (Å²) in [7, 11) is 0. The van der Waals surface area contributed by atoms with Gasteiger partial charge in [0.2, 0.25) is 11.8 Å². The molecule has 0 spiro atoms. The first kappa shape index (κ1) is 20.0. The third kappa shape index (κ3) is 4.73. The molecule has 3 fully saturated rings. The van der Waals surface area contributed by atoms with E-state index in [1.807, 2.05) is 23.6 Å². The highest BCUT2D eigenvalue weighted by molar-refractivity contribution is 7.99. The van der Waals surface area contributed by atoms with Gasteiger partial charge in [-0.05, 0) is 31.4 Å². The second-order valence-corrected chi connectivity index (χ2v) is 8.88. The number of rotatable bonds is 6. The first-order valence-corrected chi connectivity index (χ1v) is 11.3. The Morgan fingerprint density at radius 3 is 2.77 bits per heavy atom. The van der Waals surface area contributed by atoms with E-state index < -0.39 is 0 Å². The number of hydrogen-bond acceptors (Lipinski definition) is 5. The Bertz CT molecular complexity index is 490. The molecule has 0 bridgehead atoms. The molecule has 0 aromatic rings. The molecule has 7 heteroatoms. The number of morpholine rings is 1. The Labute approximate surface area is 161 Å². The molecule has 0 aromatic heterocycles. The van der Waals surface area contributed by atoms with Crippen molar-refractivity contribution in [3.8, 4) is 0 Å². The van der Waals surface area contributed by atoms with Gasteiger partial charge in [-0.25, -0.2) is 0 Å². The van der Waals surface area contributed by atoms with Crippen LogP contribution in [0.1, 0.15) is 39.0 Å². The molecule has 26 heavy (non-hydrogen) atoms. The van der Waals surface area contributed by atoms with E-state index in [0.717, 1.165) is 76.6 Å². The van der Waals surface area contributed by atoms with Gasteiger partial charge in [0.1, 0.15) is 0 Å². The summed E-state index contributed by atoms with van der Waals surface area (Å²) in [6.45, 7) is 7.63. The van der Waals surface area contributed by atoms with Crippen LogP contribution in [0.4, 0.5) is 0 Å². The summed E-state index contributed by atoms with van der Waals surface area (Å²) in [4.78, 5) is 29.4. The number of hydrogen-bond donors (Lipinski definition) is 1. The standard InChI is InChI=1S/C19H33N3O3S/c1-2-4-17(23)21-7-3-5-16(13-21)18(24)20-14-19(6-12-26-15-19)22-8-10-25-11-9-22/h16H,2-15H2,1H3,(H,20,24). The monoisotopic (exact) mass is 383 g/mol. The van der Waals surface area contributed by atoms with Crippen LogP contribution in [0, 0.1) is 5.92 Å². The maximum Gasteiger partial charge on any atom is 0.224 e. The highest BCUT2D eigenvalue weighted by Gasteiger charge is 2.41. The number of nitrogens with zero attached hydrogens (tertiary/aromatic N) is 2. The molecule has 1 N–H and O–H groups in total. The highest BCUT2D eigenvalue weighted by atomic mass is 32.2. The Balaban J connectivity index is 1.54. The van der Waals surface area contributed by atoms with Crippen LogP contribution in [0.25, 0.3) is 0 Å². The van der Waals surface area contributed by atoms with Crippen LogP contribution in [0.2, 0.25) is 0 Å². The largest absolute Gasteiger partial charge is 0.379 e. The lowest BCUT2D eigenvalue weighted by Gasteiger charge is -2.43. The molecule has 3 saturated heterocycles. The van der Waals surface area contributed by atoms with Crippen LogP contribution < -0.4 is 5.32 Å². The third-order valence-corrected chi connectivity index (χ3v) is 7.20. The first-order valence-electron chi connectivity index (χ1n) is 10.1. The van der Waals surface area contributed by atoms with Crippen molar-refractivity contribution >= 4 is 23.6 Å². The first-order chi connectivity index (χ1) is 12.6. The van der Waals surface area contributed by atoms with Gasteiger partial charge in [-0.15, -0.1) is 0 Å². The van der Waals surface area contributed by atoms with E-state index in [2.05, 4.69) is 10.2 Å². The normalized spacial score (nSPS) is 30.3. The second kappa shape index (κ2) is 9.42. The molecule has 2 atom stereocenters. The van der Waals surface area contributed by atoms with Gasteiger partial charge in [0, 0.05) is 50.4 Å². The Hall–Kier alpha value is -0.790. The molecule has 3 aliphatic rings. The summed E-state index contributed by atoms with van der Waals surface area (Å²) < 4.78 is 5.51. The number of likely N-dealkylation sites (tertiary alicyclic amines) is 1. The van der Waals surface area contributed by atoms with Crippen molar-refractivity contribution in [3.63, 3.8) is 0 Å². The van der Waals surface area contributed by atoms with E-state index in [-0.39, 0.29) is 23.3 Å². The molecule has 2 unspecified atom stereocenters. The Kier molecular flexibility index (Phi) is 7.23. The summed E-state index contributed by atoms with van der Waals surface area (Å²) in [5.74, 6) is 2.51.